The van der Waals surface area contributed by atoms with Gasteiger partial charge in [-0.25, -0.2) is 9.78 Å². The highest BCUT2D eigenvalue weighted by atomic mass is 32.1. The number of hydrogen-bond donors (Lipinski definition) is 3. The zero-order chi connectivity index (χ0) is 19.1. The van der Waals surface area contributed by atoms with Gasteiger partial charge >= 0.3 is 6.09 Å². The Labute approximate surface area is 159 Å². The highest BCUT2D eigenvalue weighted by Crippen LogP contribution is 2.24. The third-order valence-electron chi connectivity index (χ3n) is 3.55. The average molecular weight is 383 g/mol. The Morgan fingerprint density at radius 3 is 2.41 bits per heavy atom. The number of aliphatic hydroxyl groups is 1. The van der Waals surface area contributed by atoms with E-state index in [9.17, 15) is 14.7 Å². The number of aliphatic hydroxyl groups excluding tert-OH is 1. The molecule has 0 aliphatic rings. The summed E-state index contributed by atoms with van der Waals surface area (Å²) in [6, 6.07) is 16.8. The van der Waals surface area contributed by atoms with E-state index in [4.69, 9.17) is 4.74 Å². The lowest BCUT2D eigenvalue weighted by Crippen LogP contribution is -2.47. The van der Waals surface area contributed by atoms with Crippen molar-refractivity contribution < 1.29 is 19.4 Å². The van der Waals surface area contributed by atoms with Gasteiger partial charge in [0.05, 0.1) is 12.3 Å². The summed E-state index contributed by atoms with van der Waals surface area (Å²) < 4.78 is 5.05. The fraction of sp³-hybridized carbons (Fsp3) is 0.105. The first-order valence-electron chi connectivity index (χ1n) is 8.12. The first kappa shape index (κ1) is 18.6. The molecule has 1 atom stereocenters. The Bertz CT molecular complexity index is 900. The fourth-order valence-corrected chi connectivity index (χ4v) is 2.95. The molecule has 1 aromatic heterocycles. The predicted octanol–water partition coefficient (Wildman–Crippen LogP) is 2.90. The van der Waals surface area contributed by atoms with Crippen LogP contribution in [-0.2, 0) is 4.79 Å². The summed E-state index contributed by atoms with van der Waals surface area (Å²) >= 11 is 1.25. The standard InChI is InChI=1S/C19H17N3O4S/c23-11-15(21-19(25)26-14-9-5-2-6-10-14)17(24)22-18-20-16(12-27-18)13-7-3-1-4-8-13/h1-10,12,15,23H,11H2,(H,21,25)(H,20,22,24). The number of para-hydroxylation sites is 1. The van der Waals surface area contributed by atoms with Crippen LogP contribution in [0.15, 0.2) is 66.0 Å². The molecule has 0 radical (unpaired) electrons. The van der Waals surface area contributed by atoms with Crippen molar-refractivity contribution in [1.82, 2.24) is 10.3 Å². The normalized spacial score (nSPS) is 11.4. The summed E-state index contributed by atoms with van der Waals surface area (Å²) in [5, 5.41) is 16.5. The van der Waals surface area contributed by atoms with E-state index in [1.807, 2.05) is 35.7 Å². The molecule has 2 amide bonds. The van der Waals surface area contributed by atoms with E-state index in [1.165, 1.54) is 11.3 Å². The molecule has 0 aliphatic heterocycles. The van der Waals surface area contributed by atoms with Crippen molar-refractivity contribution in [3.63, 3.8) is 0 Å². The Kier molecular flexibility index (Phi) is 6.14. The lowest BCUT2D eigenvalue weighted by atomic mass is 10.2. The van der Waals surface area contributed by atoms with Crippen LogP contribution in [0, 0.1) is 0 Å². The molecule has 8 heteroatoms. The number of benzene rings is 2. The Hall–Kier alpha value is -3.23. The summed E-state index contributed by atoms with van der Waals surface area (Å²) in [6.45, 7) is -0.577. The second-order valence-electron chi connectivity index (χ2n) is 5.48. The van der Waals surface area contributed by atoms with Crippen molar-refractivity contribution in [2.45, 2.75) is 6.04 Å². The van der Waals surface area contributed by atoms with Crippen molar-refractivity contribution in [1.29, 1.82) is 0 Å². The van der Waals surface area contributed by atoms with Crippen molar-refractivity contribution in [2.75, 3.05) is 11.9 Å². The molecule has 0 spiro atoms. The first-order chi connectivity index (χ1) is 13.2. The lowest BCUT2D eigenvalue weighted by molar-refractivity contribution is -0.118. The molecule has 0 fully saturated rings. The second kappa shape index (κ2) is 8.93. The van der Waals surface area contributed by atoms with E-state index in [2.05, 4.69) is 15.6 Å². The number of ether oxygens (including phenoxy) is 1. The van der Waals surface area contributed by atoms with Gasteiger partial charge < -0.3 is 20.5 Å². The number of rotatable bonds is 6. The number of nitrogens with zero attached hydrogens (tertiary/aromatic N) is 1. The average Bonchev–Trinajstić information content (AvgIpc) is 3.16. The molecule has 2 aromatic carbocycles. The SMILES string of the molecule is O=C(NC(CO)C(=O)Nc1nc(-c2ccccc2)cs1)Oc1ccccc1. The highest BCUT2D eigenvalue weighted by molar-refractivity contribution is 7.14. The van der Waals surface area contributed by atoms with Gasteiger partial charge in [0.15, 0.2) is 5.13 Å². The largest absolute Gasteiger partial charge is 0.413 e. The molecule has 27 heavy (non-hydrogen) atoms. The topological polar surface area (TPSA) is 101 Å². The number of carbonyl (C=O) groups is 2. The van der Waals surface area contributed by atoms with Gasteiger partial charge in [0.1, 0.15) is 11.8 Å². The maximum absolute atomic E-state index is 12.3. The predicted molar refractivity (Wildman–Crippen MR) is 103 cm³/mol. The minimum atomic E-state index is -1.16. The van der Waals surface area contributed by atoms with Crippen LogP contribution >= 0.6 is 11.3 Å². The van der Waals surface area contributed by atoms with Gasteiger partial charge in [-0.3, -0.25) is 4.79 Å². The van der Waals surface area contributed by atoms with Crippen molar-refractivity contribution >= 4 is 28.5 Å². The van der Waals surface area contributed by atoms with Crippen LogP contribution in [0.1, 0.15) is 0 Å². The van der Waals surface area contributed by atoms with Crippen LogP contribution in [-0.4, -0.2) is 34.7 Å². The van der Waals surface area contributed by atoms with Crippen molar-refractivity contribution in [3.8, 4) is 17.0 Å². The number of thiazole rings is 1. The van der Waals surface area contributed by atoms with Crippen LogP contribution in [0.25, 0.3) is 11.3 Å². The van der Waals surface area contributed by atoms with Gasteiger partial charge in [-0.15, -0.1) is 11.3 Å². The van der Waals surface area contributed by atoms with Crippen LogP contribution < -0.4 is 15.4 Å². The number of hydrogen-bond acceptors (Lipinski definition) is 6. The zero-order valence-electron chi connectivity index (χ0n) is 14.2. The number of aromatic nitrogens is 1. The Morgan fingerprint density at radius 2 is 1.74 bits per heavy atom. The molecular formula is C19H17N3O4S. The van der Waals surface area contributed by atoms with E-state index >= 15 is 0 Å². The summed E-state index contributed by atoms with van der Waals surface area (Å²) in [5.74, 6) is -0.254. The van der Waals surface area contributed by atoms with Gasteiger partial charge in [-0.05, 0) is 12.1 Å². The molecule has 1 unspecified atom stereocenters. The van der Waals surface area contributed by atoms with Gasteiger partial charge in [-0.1, -0.05) is 48.5 Å². The molecule has 3 rings (SSSR count). The molecule has 1 heterocycles. The number of carbonyl (C=O) groups excluding carboxylic acids is 2. The van der Waals surface area contributed by atoms with Gasteiger partial charge in [0.25, 0.3) is 5.91 Å². The lowest BCUT2D eigenvalue weighted by Gasteiger charge is -2.15. The fourth-order valence-electron chi connectivity index (χ4n) is 2.23. The molecule has 0 aliphatic carbocycles. The second-order valence-corrected chi connectivity index (χ2v) is 6.33. The molecule has 138 valence electrons. The molecule has 7 nitrogen and oxygen atoms in total. The maximum Gasteiger partial charge on any atom is 0.413 e. The third-order valence-corrected chi connectivity index (χ3v) is 4.31. The van der Waals surface area contributed by atoms with Gasteiger partial charge in [0.2, 0.25) is 0 Å². The van der Waals surface area contributed by atoms with Crippen molar-refractivity contribution in [2.24, 2.45) is 0 Å². The molecule has 0 bridgehead atoms. The molecule has 0 saturated carbocycles. The quantitative estimate of drug-likeness (QED) is 0.608. The summed E-state index contributed by atoms with van der Waals surface area (Å²) in [6.07, 6.45) is -0.834. The minimum Gasteiger partial charge on any atom is -0.410 e. The Morgan fingerprint density at radius 1 is 1.07 bits per heavy atom. The van der Waals surface area contributed by atoms with E-state index in [0.29, 0.717) is 10.9 Å². The van der Waals surface area contributed by atoms with Crippen molar-refractivity contribution in [3.05, 3.63) is 66.0 Å². The molecular weight excluding hydrogens is 366 g/mol. The highest BCUT2D eigenvalue weighted by Gasteiger charge is 2.22. The Balaban J connectivity index is 1.59. The third kappa shape index (κ3) is 5.13. The van der Waals surface area contributed by atoms with E-state index < -0.39 is 24.6 Å². The first-order valence-corrected chi connectivity index (χ1v) is 9.00. The van der Waals surface area contributed by atoms with Crippen LogP contribution in [0.4, 0.5) is 9.93 Å². The number of amides is 2. The van der Waals surface area contributed by atoms with Gasteiger partial charge in [0, 0.05) is 10.9 Å². The zero-order valence-corrected chi connectivity index (χ0v) is 15.0. The minimum absolute atomic E-state index is 0.333. The van der Waals surface area contributed by atoms with Crippen LogP contribution in [0.3, 0.4) is 0 Å². The van der Waals surface area contributed by atoms with Crippen LogP contribution in [0.2, 0.25) is 0 Å². The molecule has 3 aromatic rings. The number of nitrogens with one attached hydrogen (secondary N) is 2. The summed E-state index contributed by atoms with van der Waals surface area (Å²) in [7, 11) is 0. The van der Waals surface area contributed by atoms with E-state index in [-0.39, 0.29) is 0 Å². The monoisotopic (exact) mass is 383 g/mol. The summed E-state index contributed by atoms with van der Waals surface area (Å²) in [4.78, 5) is 28.5. The number of anilines is 1. The molecule has 0 saturated heterocycles. The molecule has 3 N–H and O–H groups in total. The van der Waals surface area contributed by atoms with E-state index in [0.717, 1.165) is 11.3 Å². The van der Waals surface area contributed by atoms with Gasteiger partial charge in [-0.2, -0.15) is 0 Å². The maximum atomic E-state index is 12.3. The summed E-state index contributed by atoms with van der Waals surface area (Å²) in [5.41, 5.74) is 1.66. The smallest absolute Gasteiger partial charge is 0.410 e. The van der Waals surface area contributed by atoms with Crippen LogP contribution in [0.5, 0.6) is 5.75 Å². The van der Waals surface area contributed by atoms with E-state index in [1.54, 1.807) is 30.3 Å².